The van der Waals surface area contributed by atoms with Crippen LogP contribution in [-0.2, 0) is 16.1 Å². The molecule has 2 N–H and O–H groups in total. The number of morpholine rings is 1. The lowest BCUT2D eigenvalue weighted by atomic mass is 9.92. The topological polar surface area (TPSA) is 74.2 Å². The number of aliphatic imine (C=N–C) groups is 1. The number of carbonyl (C=O) groups is 1. The van der Waals surface area contributed by atoms with Crippen molar-refractivity contribution in [2.75, 3.05) is 45.3 Å². The van der Waals surface area contributed by atoms with Crippen molar-refractivity contribution < 1.29 is 14.6 Å². The third-order valence-electron chi connectivity index (χ3n) is 6.36. The summed E-state index contributed by atoms with van der Waals surface area (Å²) in [4.78, 5) is 18.5. The summed E-state index contributed by atoms with van der Waals surface area (Å²) in [5.74, 6) is 6.54. The maximum Gasteiger partial charge on any atom is 0.204 e. The van der Waals surface area contributed by atoms with Gasteiger partial charge in [0.2, 0.25) is 5.78 Å². The van der Waals surface area contributed by atoms with E-state index in [0.717, 1.165) is 49.5 Å². The number of hydrogen-bond donors (Lipinski definition) is 2. The third kappa shape index (κ3) is 7.52. The van der Waals surface area contributed by atoms with Crippen LogP contribution in [0, 0.1) is 11.8 Å². The maximum atomic E-state index is 11.9. The molecule has 0 bridgehead atoms. The molecule has 2 aliphatic heterocycles. The van der Waals surface area contributed by atoms with Crippen LogP contribution in [0.5, 0.6) is 0 Å². The number of benzene rings is 2. The molecule has 2 aromatic rings. The minimum atomic E-state index is -0.285. The lowest BCUT2D eigenvalue weighted by Crippen LogP contribution is -2.35. The molecule has 0 aromatic heterocycles. The molecular weight excluding hydrogens is 474 g/mol. The maximum absolute atomic E-state index is 11.9. The van der Waals surface area contributed by atoms with Crippen LogP contribution < -0.4 is 5.32 Å². The van der Waals surface area contributed by atoms with E-state index in [1.165, 1.54) is 5.56 Å². The second-order valence-corrected chi connectivity index (χ2v) is 9.36. The van der Waals surface area contributed by atoms with Gasteiger partial charge < -0.3 is 15.2 Å². The summed E-state index contributed by atoms with van der Waals surface area (Å²) in [6.45, 7) is 5.85. The largest absolute Gasteiger partial charge is 0.503 e. The number of nitrogens with one attached hydrogen (secondary N) is 1. The van der Waals surface area contributed by atoms with E-state index in [0.29, 0.717) is 31.1 Å². The predicted molar refractivity (Wildman–Crippen MR) is 144 cm³/mol. The van der Waals surface area contributed by atoms with Crippen LogP contribution in [0.1, 0.15) is 41.0 Å². The van der Waals surface area contributed by atoms with E-state index in [1.54, 1.807) is 6.21 Å². The molecule has 7 heteroatoms. The van der Waals surface area contributed by atoms with E-state index in [-0.39, 0.29) is 23.9 Å². The lowest BCUT2D eigenvalue weighted by molar-refractivity contribution is -0.117. The number of halogens is 1. The molecule has 4 rings (SSSR count). The van der Waals surface area contributed by atoms with Gasteiger partial charge in [-0.15, -0.1) is 11.6 Å². The highest BCUT2D eigenvalue weighted by Gasteiger charge is 2.21. The minimum absolute atomic E-state index is 0.0365. The fraction of sp³-hybridized carbons (Fsp3) is 0.379. The van der Waals surface area contributed by atoms with Gasteiger partial charge in [-0.1, -0.05) is 36.1 Å². The Morgan fingerprint density at radius 1 is 1.06 bits per heavy atom. The Balaban J connectivity index is 1.40. The highest BCUT2D eigenvalue weighted by atomic mass is 35.5. The lowest BCUT2D eigenvalue weighted by Gasteiger charge is -2.26. The summed E-state index contributed by atoms with van der Waals surface area (Å²) in [5, 5.41) is 13.5. The molecule has 0 spiro atoms. The van der Waals surface area contributed by atoms with Crippen LogP contribution in [0.3, 0.4) is 0 Å². The summed E-state index contributed by atoms with van der Waals surface area (Å²) in [7, 11) is 0. The number of alkyl halides is 1. The van der Waals surface area contributed by atoms with Crippen LogP contribution in [0.15, 0.2) is 65.0 Å². The number of aliphatic hydroxyl groups excluding tert-OH is 1. The van der Waals surface area contributed by atoms with E-state index < -0.39 is 0 Å². The Morgan fingerprint density at radius 3 is 2.39 bits per heavy atom. The number of allylic oxidation sites excluding steroid dienone is 2. The standard InChI is InChI=1S/C29H32ClN3O3/c30-12-14-31-20-26(19-27-29(35)28(34)11-13-32-27)25-9-7-23(8-10-25)2-1-22-3-5-24(6-4-22)21-33-15-17-36-18-16-33/h3-10,13,26,31,35H,11-12,14-21H2. The van der Waals surface area contributed by atoms with Gasteiger partial charge in [-0.25, -0.2) is 0 Å². The first-order chi connectivity index (χ1) is 17.6. The van der Waals surface area contributed by atoms with Gasteiger partial charge >= 0.3 is 0 Å². The Hall–Kier alpha value is -2.95. The van der Waals surface area contributed by atoms with Gasteiger partial charge in [0.1, 0.15) is 0 Å². The summed E-state index contributed by atoms with van der Waals surface area (Å²) >= 11 is 5.82. The van der Waals surface area contributed by atoms with Crippen LogP contribution in [0.25, 0.3) is 0 Å². The van der Waals surface area contributed by atoms with Gasteiger partial charge in [0.25, 0.3) is 0 Å². The van der Waals surface area contributed by atoms with Crippen molar-refractivity contribution in [1.29, 1.82) is 0 Å². The Morgan fingerprint density at radius 2 is 1.72 bits per heavy atom. The summed E-state index contributed by atoms with van der Waals surface area (Å²) in [6, 6.07) is 16.5. The van der Waals surface area contributed by atoms with Crippen LogP contribution >= 0.6 is 11.6 Å². The summed E-state index contributed by atoms with van der Waals surface area (Å²) < 4.78 is 5.42. The zero-order valence-corrected chi connectivity index (χ0v) is 21.1. The van der Waals surface area contributed by atoms with Gasteiger partial charge in [0.05, 0.1) is 18.9 Å². The molecule has 2 aromatic carbocycles. The van der Waals surface area contributed by atoms with Crippen molar-refractivity contribution in [3.05, 3.63) is 82.2 Å². The molecule has 1 unspecified atom stereocenters. The second-order valence-electron chi connectivity index (χ2n) is 8.99. The number of rotatable bonds is 9. The average Bonchev–Trinajstić information content (AvgIpc) is 2.91. The Labute approximate surface area is 218 Å². The summed E-state index contributed by atoms with van der Waals surface area (Å²) in [5.41, 5.74) is 4.71. The molecule has 0 radical (unpaired) electrons. The molecule has 2 heterocycles. The van der Waals surface area contributed by atoms with Crippen LogP contribution in [0.2, 0.25) is 0 Å². The minimum Gasteiger partial charge on any atom is -0.503 e. The molecule has 2 aliphatic rings. The van der Waals surface area contributed by atoms with Gasteiger partial charge in [-0.2, -0.15) is 0 Å². The fourth-order valence-electron chi connectivity index (χ4n) is 4.29. The smallest absolute Gasteiger partial charge is 0.204 e. The number of nitrogens with zero attached hydrogens (tertiary/aromatic N) is 2. The second kappa shape index (κ2) is 13.4. The van der Waals surface area contributed by atoms with Crippen LogP contribution in [-0.4, -0.2) is 67.3 Å². The highest BCUT2D eigenvalue weighted by molar-refractivity contribution is 6.18. The molecular formula is C29H32ClN3O3. The third-order valence-corrected chi connectivity index (χ3v) is 6.55. The first-order valence-electron chi connectivity index (χ1n) is 12.4. The van der Waals surface area contributed by atoms with Crippen molar-refractivity contribution in [1.82, 2.24) is 10.2 Å². The number of aliphatic hydroxyl groups is 1. The summed E-state index contributed by atoms with van der Waals surface area (Å²) in [6.07, 6.45) is 2.17. The predicted octanol–water partition coefficient (Wildman–Crippen LogP) is 4.03. The zero-order valence-electron chi connectivity index (χ0n) is 20.4. The normalized spacial score (nSPS) is 17.1. The molecule has 6 nitrogen and oxygen atoms in total. The number of carbonyl (C=O) groups excluding carboxylic acids is 1. The van der Waals surface area contributed by atoms with Crippen molar-refractivity contribution in [2.24, 2.45) is 4.99 Å². The zero-order chi connectivity index (χ0) is 25.2. The quantitative estimate of drug-likeness (QED) is 0.306. The van der Waals surface area contributed by atoms with E-state index in [2.05, 4.69) is 63.4 Å². The van der Waals surface area contributed by atoms with Gasteiger partial charge in [0, 0.05) is 74.7 Å². The molecule has 0 aliphatic carbocycles. The highest BCUT2D eigenvalue weighted by Crippen LogP contribution is 2.27. The van der Waals surface area contributed by atoms with E-state index in [4.69, 9.17) is 16.3 Å². The van der Waals surface area contributed by atoms with Crippen molar-refractivity contribution in [3.8, 4) is 11.8 Å². The molecule has 1 atom stereocenters. The number of Topliss-reactive ketones (excluding diaryl/α,β-unsaturated/α-hetero) is 1. The molecule has 0 saturated carbocycles. The van der Waals surface area contributed by atoms with Crippen molar-refractivity contribution in [2.45, 2.75) is 25.3 Å². The van der Waals surface area contributed by atoms with Crippen LogP contribution in [0.4, 0.5) is 0 Å². The molecule has 1 saturated heterocycles. The first kappa shape index (κ1) is 26.1. The van der Waals surface area contributed by atoms with E-state index in [1.807, 2.05) is 12.1 Å². The molecule has 1 fully saturated rings. The van der Waals surface area contributed by atoms with Crippen molar-refractivity contribution in [3.63, 3.8) is 0 Å². The number of ether oxygens (including phenoxy) is 1. The van der Waals surface area contributed by atoms with E-state index in [9.17, 15) is 9.90 Å². The SMILES string of the molecule is O=C1CC=NC(CC(CNCCCl)c2ccc(C#Cc3ccc(CN4CCOCC4)cc3)cc2)=C1O. The monoisotopic (exact) mass is 505 g/mol. The number of ketones is 1. The molecule has 36 heavy (non-hydrogen) atoms. The average molecular weight is 506 g/mol. The van der Waals surface area contributed by atoms with Gasteiger partial charge in [-0.3, -0.25) is 14.7 Å². The van der Waals surface area contributed by atoms with Crippen molar-refractivity contribution >= 4 is 23.6 Å². The molecule has 0 amide bonds. The molecule has 188 valence electrons. The Kier molecular flexibility index (Phi) is 9.71. The van der Waals surface area contributed by atoms with E-state index >= 15 is 0 Å². The Bertz CT molecular complexity index is 1140. The van der Waals surface area contributed by atoms with Gasteiger partial charge in [0.15, 0.2) is 5.76 Å². The number of hydrogen-bond acceptors (Lipinski definition) is 6. The fourth-order valence-corrected chi connectivity index (χ4v) is 4.42. The van der Waals surface area contributed by atoms with Gasteiger partial charge in [-0.05, 0) is 35.4 Å². The first-order valence-corrected chi connectivity index (χ1v) is 12.9.